The van der Waals surface area contributed by atoms with Gasteiger partial charge in [-0.1, -0.05) is 127 Å². The zero-order valence-corrected chi connectivity index (χ0v) is 35.5. The maximum atomic E-state index is 6.89. The second kappa shape index (κ2) is 14.7. The van der Waals surface area contributed by atoms with Gasteiger partial charge in [0.1, 0.15) is 11.5 Å². The van der Waals surface area contributed by atoms with Crippen molar-refractivity contribution in [2.75, 3.05) is 9.80 Å². The number of rotatable bonds is 7. The van der Waals surface area contributed by atoms with Crippen molar-refractivity contribution in [1.29, 1.82) is 0 Å². The Morgan fingerprint density at radius 2 is 0.781 bits per heavy atom. The van der Waals surface area contributed by atoms with Gasteiger partial charge in [0.15, 0.2) is 0 Å². The molecule has 64 heavy (non-hydrogen) atoms. The van der Waals surface area contributed by atoms with Gasteiger partial charge in [-0.15, -0.1) is 11.3 Å². The summed E-state index contributed by atoms with van der Waals surface area (Å²) in [6.45, 7) is 0. The highest BCUT2D eigenvalue weighted by molar-refractivity contribution is 7.25. The van der Waals surface area contributed by atoms with Gasteiger partial charge in [-0.25, -0.2) is 0 Å². The fourth-order valence-electron chi connectivity index (χ4n) is 9.91. The topological polar surface area (TPSA) is 15.7 Å². The summed E-state index contributed by atoms with van der Waals surface area (Å²) < 4.78 is 9.43. The summed E-state index contributed by atoms with van der Waals surface area (Å²) in [5, 5.41) is 9.84. The molecule has 0 saturated heterocycles. The molecule has 0 unspecified atom stereocenters. The molecule has 0 radical (unpaired) electrons. The van der Waals surface area contributed by atoms with Crippen LogP contribution in [0.4, 0.5) is 34.1 Å². The predicted octanol–water partition coefficient (Wildman–Crippen LogP) is 17.9. The zero-order valence-electron chi connectivity index (χ0n) is 34.7. The number of hydrogen-bond acceptors (Lipinski definition) is 4. The van der Waals surface area contributed by atoms with Crippen LogP contribution in [-0.2, 0) is 0 Å². The van der Waals surface area contributed by atoms with Crippen molar-refractivity contribution in [3.8, 4) is 33.8 Å². The molecule has 0 amide bonds. The van der Waals surface area contributed by atoms with Gasteiger partial charge in [-0.2, -0.15) is 0 Å². The first-order chi connectivity index (χ1) is 31.7. The number of ether oxygens (including phenoxy) is 1. The third-order valence-electron chi connectivity index (χ3n) is 12.8. The summed E-state index contributed by atoms with van der Waals surface area (Å²) >= 11 is 1.87. The molecular formula is C60H38N2OS. The van der Waals surface area contributed by atoms with Gasteiger partial charge in [0.2, 0.25) is 0 Å². The highest BCUT2D eigenvalue weighted by atomic mass is 32.1. The first-order valence-electron chi connectivity index (χ1n) is 21.7. The van der Waals surface area contributed by atoms with E-state index in [0.717, 1.165) is 56.6 Å². The molecule has 2 heterocycles. The van der Waals surface area contributed by atoms with Gasteiger partial charge in [-0.05, 0) is 141 Å². The Kier molecular flexibility index (Phi) is 8.40. The SMILES string of the molecule is c1ccc(N(c2ccccc2)c2ccc3c(c2)Oc2cccc4c2c-3cc2c3ccccc3c(-c3ccc5c(c3)sc3cc(N(c6ccccc6)c6ccccc6)ccc35)cc42)cc1. The minimum Gasteiger partial charge on any atom is -0.456 e. The van der Waals surface area contributed by atoms with E-state index in [0.29, 0.717) is 0 Å². The third-order valence-corrected chi connectivity index (χ3v) is 13.9. The van der Waals surface area contributed by atoms with Crippen LogP contribution >= 0.6 is 11.3 Å². The molecule has 0 fully saturated rings. The van der Waals surface area contributed by atoms with Crippen molar-refractivity contribution in [1.82, 2.24) is 0 Å². The predicted molar refractivity (Wildman–Crippen MR) is 272 cm³/mol. The van der Waals surface area contributed by atoms with Crippen LogP contribution in [0.3, 0.4) is 0 Å². The van der Waals surface area contributed by atoms with Crippen molar-refractivity contribution >= 4 is 98.0 Å². The average Bonchev–Trinajstić information content (AvgIpc) is 3.72. The van der Waals surface area contributed by atoms with E-state index < -0.39 is 0 Å². The van der Waals surface area contributed by atoms with Gasteiger partial charge in [0.25, 0.3) is 0 Å². The molecule has 13 rings (SSSR count). The summed E-state index contributed by atoms with van der Waals surface area (Å²) in [4.78, 5) is 4.62. The van der Waals surface area contributed by atoms with E-state index in [1.165, 1.54) is 63.8 Å². The number of hydrogen-bond donors (Lipinski definition) is 0. The maximum absolute atomic E-state index is 6.89. The molecule has 1 aliphatic heterocycles. The maximum Gasteiger partial charge on any atom is 0.137 e. The molecule has 0 spiro atoms. The minimum absolute atomic E-state index is 0.853. The summed E-state index contributed by atoms with van der Waals surface area (Å²) in [5.74, 6) is 1.73. The van der Waals surface area contributed by atoms with Crippen LogP contribution in [0.1, 0.15) is 0 Å². The molecule has 300 valence electrons. The van der Waals surface area contributed by atoms with E-state index in [-0.39, 0.29) is 0 Å². The summed E-state index contributed by atoms with van der Waals surface area (Å²) in [7, 11) is 0. The molecule has 0 bridgehead atoms. The largest absolute Gasteiger partial charge is 0.456 e. The molecule has 0 atom stereocenters. The number of para-hydroxylation sites is 4. The van der Waals surface area contributed by atoms with E-state index in [4.69, 9.17) is 4.74 Å². The van der Waals surface area contributed by atoms with Gasteiger partial charge >= 0.3 is 0 Å². The minimum atomic E-state index is 0.853. The molecule has 4 heteroatoms. The highest BCUT2D eigenvalue weighted by Gasteiger charge is 2.25. The summed E-state index contributed by atoms with van der Waals surface area (Å²) in [6.07, 6.45) is 0. The first-order valence-corrected chi connectivity index (χ1v) is 22.6. The standard InChI is InChI=1S/C60H38N2OS/c1-5-16-40(17-6-1)61(41-18-7-2-8-19-41)44-29-32-48-55-38-53-47-25-14-13-24-46(47)52(37-54(53)51-26-15-27-56(60(51)55)63-57(48)35-44)39-28-31-49-50-33-30-45(36-59(50)64-58(49)34-39)62(42-20-9-3-10-21-42)43-22-11-4-12-23-43/h1-38H. The van der Waals surface area contributed by atoms with E-state index in [1.807, 2.05) is 11.3 Å². The Morgan fingerprint density at radius 1 is 0.281 bits per heavy atom. The number of nitrogens with zero attached hydrogens (tertiary/aromatic N) is 2. The second-order valence-electron chi connectivity index (χ2n) is 16.5. The molecule has 0 N–H and O–H groups in total. The Balaban J connectivity index is 0.943. The number of fused-ring (bicyclic) bond motifs is 9. The van der Waals surface area contributed by atoms with Crippen LogP contribution in [0.5, 0.6) is 11.5 Å². The van der Waals surface area contributed by atoms with Crippen LogP contribution in [0.15, 0.2) is 231 Å². The van der Waals surface area contributed by atoms with E-state index >= 15 is 0 Å². The Labute approximate surface area is 374 Å². The molecule has 1 aliphatic rings. The molecule has 1 aromatic heterocycles. The van der Waals surface area contributed by atoms with Crippen LogP contribution in [0.2, 0.25) is 0 Å². The van der Waals surface area contributed by atoms with E-state index in [1.54, 1.807) is 0 Å². The monoisotopic (exact) mass is 834 g/mol. The van der Waals surface area contributed by atoms with E-state index in [2.05, 4.69) is 240 Å². The fraction of sp³-hybridized carbons (Fsp3) is 0. The number of anilines is 6. The van der Waals surface area contributed by atoms with Gasteiger partial charge < -0.3 is 14.5 Å². The first kappa shape index (κ1) is 36.5. The van der Waals surface area contributed by atoms with Crippen molar-refractivity contribution in [3.63, 3.8) is 0 Å². The van der Waals surface area contributed by atoms with Crippen LogP contribution < -0.4 is 14.5 Å². The molecular weight excluding hydrogens is 797 g/mol. The average molecular weight is 835 g/mol. The zero-order chi connectivity index (χ0) is 42.1. The Morgan fingerprint density at radius 3 is 1.42 bits per heavy atom. The van der Waals surface area contributed by atoms with Gasteiger partial charge in [0, 0.05) is 71.3 Å². The highest BCUT2D eigenvalue weighted by Crippen LogP contribution is 2.52. The summed E-state index contributed by atoms with van der Waals surface area (Å²) in [6, 6.07) is 83.1. The smallest absolute Gasteiger partial charge is 0.137 e. The van der Waals surface area contributed by atoms with Gasteiger partial charge in [-0.3, -0.25) is 0 Å². The lowest BCUT2D eigenvalue weighted by Crippen LogP contribution is -2.10. The van der Waals surface area contributed by atoms with E-state index in [9.17, 15) is 0 Å². The lowest BCUT2D eigenvalue weighted by molar-refractivity contribution is 0.487. The lowest BCUT2D eigenvalue weighted by atomic mass is 9.86. The van der Waals surface area contributed by atoms with Crippen molar-refractivity contribution in [2.24, 2.45) is 0 Å². The van der Waals surface area contributed by atoms with Crippen molar-refractivity contribution in [2.45, 2.75) is 0 Å². The summed E-state index contributed by atoms with van der Waals surface area (Å²) in [5.41, 5.74) is 11.4. The molecule has 3 nitrogen and oxygen atoms in total. The number of thiophene rings is 1. The van der Waals surface area contributed by atoms with Crippen LogP contribution in [0.25, 0.3) is 74.7 Å². The van der Waals surface area contributed by atoms with Crippen molar-refractivity contribution in [3.05, 3.63) is 231 Å². The third kappa shape index (κ3) is 5.88. The van der Waals surface area contributed by atoms with Crippen molar-refractivity contribution < 1.29 is 4.74 Å². The molecule has 11 aromatic carbocycles. The second-order valence-corrected chi connectivity index (χ2v) is 17.5. The molecule has 0 aliphatic carbocycles. The normalized spacial score (nSPS) is 11.9. The molecule has 12 aromatic rings. The van der Waals surface area contributed by atoms with Crippen LogP contribution in [-0.4, -0.2) is 0 Å². The molecule has 0 saturated carbocycles. The Bertz CT molecular complexity index is 3680. The Hall–Kier alpha value is -8.18. The van der Waals surface area contributed by atoms with Crippen LogP contribution in [0, 0.1) is 0 Å². The lowest BCUT2D eigenvalue weighted by Gasteiger charge is -2.28. The number of benzene rings is 11. The van der Waals surface area contributed by atoms with Gasteiger partial charge in [0.05, 0.1) is 0 Å². The fourth-order valence-corrected chi connectivity index (χ4v) is 11.1. The quantitative estimate of drug-likeness (QED) is 0.149.